The fourth-order valence-electron chi connectivity index (χ4n) is 6.27. The van der Waals surface area contributed by atoms with Crippen molar-refractivity contribution in [2.24, 2.45) is 11.3 Å². The van der Waals surface area contributed by atoms with Gasteiger partial charge >= 0.3 is 5.97 Å². The van der Waals surface area contributed by atoms with Crippen molar-refractivity contribution in [2.45, 2.75) is 31.1 Å². The van der Waals surface area contributed by atoms with E-state index in [2.05, 4.69) is 60.8 Å². The van der Waals surface area contributed by atoms with Crippen LogP contribution in [0.25, 0.3) is 0 Å². The smallest absolute Gasteiger partial charge is 0.311 e. The third-order valence-corrected chi connectivity index (χ3v) is 7.18. The average Bonchev–Trinajstić information content (AvgIpc) is 3.10. The number of aryl methyl sites for hydroxylation is 1. The zero-order valence-electron chi connectivity index (χ0n) is 14.5. The van der Waals surface area contributed by atoms with Crippen LogP contribution >= 0.6 is 0 Å². The minimum absolute atomic E-state index is 0.105. The Kier molecular flexibility index (Phi) is 3.00. The molecule has 6 rings (SSSR count). The number of carboxylic acid groups (broad SMARTS) is 1. The fourth-order valence-corrected chi connectivity index (χ4v) is 6.27. The first-order chi connectivity index (χ1) is 12.1. The lowest BCUT2D eigenvalue weighted by molar-refractivity contribution is -0.157. The molecule has 0 radical (unpaired) electrons. The molecule has 0 spiro atoms. The van der Waals surface area contributed by atoms with Crippen molar-refractivity contribution in [3.05, 3.63) is 70.8 Å². The molecule has 4 aliphatic rings. The highest BCUT2D eigenvalue weighted by atomic mass is 16.4. The van der Waals surface area contributed by atoms with Crippen LogP contribution in [0.15, 0.2) is 48.5 Å². The van der Waals surface area contributed by atoms with Gasteiger partial charge < -0.3 is 10.4 Å². The summed E-state index contributed by atoms with van der Waals surface area (Å²) in [6.45, 7) is 3.49. The van der Waals surface area contributed by atoms with Gasteiger partial charge in [0.1, 0.15) is 0 Å². The first-order valence-electron chi connectivity index (χ1n) is 9.21. The average molecular weight is 333 g/mol. The molecule has 2 aromatic carbocycles. The lowest BCUT2D eigenvalue weighted by Gasteiger charge is -2.59. The van der Waals surface area contributed by atoms with E-state index in [0.29, 0.717) is 6.54 Å². The second kappa shape index (κ2) is 4.95. The molecule has 2 aromatic rings. The van der Waals surface area contributed by atoms with Gasteiger partial charge in [-0.1, -0.05) is 54.1 Å². The van der Waals surface area contributed by atoms with Crippen LogP contribution < -0.4 is 5.32 Å². The van der Waals surface area contributed by atoms with Gasteiger partial charge in [-0.25, -0.2) is 0 Å². The largest absolute Gasteiger partial charge is 0.481 e. The first kappa shape index (κ1) is 15.2. The third-order valence-electron chi connectivity index (χ3n) is 7.18. The van der Waals surface area contributed by atoms with E-state index in [1.807, 2.05) is 0 Å². The molecule has 1 saturated carbocycles. The second-order valence-electron chi connectivity index (χ2n) is 8.05. The summed E-state index contributed by atoms with van der Waals surface area (Å²) in [5.41, 5.74) is 4.27. The number of carbonyl (C=O) groups is 1. The van der Waals surface area contributed by atoms with Gasteiger partial charge in [0, 0.05) is 30.3 Å². The molecule has 4 atom stereocenters. The number of rotatable bonds is 2. The summed E-state index contributed by atoms with van der Waals surface area (Å²) >= 11 is 0. The molecule has 3 heteroatoms. The number of hydrogen-bond acceptors (Lipinski definition) is 2. The van der Waals surface area contributed by atoms with Crippen LogP contribution in [-0.4, -0.2) is 24.2 Å². The van der Waals surface area contributed by atoms with Gasteiger partial charge in [0.05, 0.1) is 5.41 Å². The highest BCUT2D eigenvalue weighted by Crippen LogP contribution is 2.67. The van der Waals surface area contributed by atoms with E-state index < -0.39 is 11.4 Å². The van der Waals surface area contributed by atoms with E-state index in [-0.39, 0.29) is 17.3 Å². The van der Waals surface area contributed by atoms with Crippen LogP contribution in [0.3, 0.4) is 0 Å². The molecule has 2 fully saturated rings. The van der Waals surface area contributed by atoms with Gasteiger partial charge in [0.15, 0.2) is 0 Å². The van der Waals surface area contributed by atoms with Crippen molar-refractivity contribution in [3.8, 4) is 0 Å². The van der Waals surface area contributed by atoms with Crippen LogP contribution in [0.1, 0.15) is 41.0 Å². The molecule has 1 saturated heterocycles. The molecular formula is C22H23NO2. The monoisotopic (exact) mass is 333 g/mol. The predicted molar refractivity (Wildman–Crippen MR) is 96.8 cm³/mol. The molecule has 2 bridgehead atoms. The number of fused-ring (bicyclic) bond motifs is 1. The number of benzene rings is 2. The molecule has 2 N–H and O–H groups in total. The van der Waals surface area contributed by atoms with Crippen LogP contribution in [0.4, 0.5) is 0 Å². The Balaban J connectivity index is 1.86. The number of aliphatic carboxylic acids is 1. The summed E-state index contributed by atoms with van der Waals surface area (Å²) in [5, 5.41) is 13.8. The molecule has 25 heavy (non-hydrogen) atoms. The van der Waals surface area contributed by atoms with Crippen molar-refractivity contribution >= 4 is 5.97 Å². The fraction of sp³-hybridized carbons (Fsp3) is 0.409. The summed E-state index contributed by atoms with van der Waals surface area (Å²) < 4.78 is 0. The van der Waals surface area contributed by atoms with E-state index in [1.165, 1.54) is 22.3 Å². The minimum atomic E-state index is -0.684. The van der Waals surface area contributed by atoms with Crippen molar-refractivity contribution in [1.82, 2.24) is 5.32 Å². The normalized spacial score (nSPS) is 35.2. The summed E-state index contributed by atoms with van der Waals surface area (Å²) in [6.07, 6.45) is 1.99. The minimum Gasteiger partial charge on any atom is -0.481 e. The molecule has 1 aliphatic heterocycles. The Morgan fingerprint density at radius 1 is 1.20 bits per heavy atom. The van der Waals surface area contributed by atoms with Gasteiger partial charge in [-0.2, -0.15) is 0 Å². The van der Waals surface area contributed by atoms with E-state index in [0.717, 1.165) is 19.4 Å². The van der Waals surface area contributed by atoms with Crippen molar-refractivity contribution < 1.29 is 9.90 Å². The maximum atomic E-state index is 12.6. The Morgan fingerprint density at radius 2 is 2.04 bits per heavy atom. The molecule has 128 valence electrons. The number of hydrogen-bond donors (Lipinski definition) is 2. The molecule has 1 heterocycles. The van der Waals surface area contributed by atoms with E-state index in [1.54, 1.807) is 0 Å². The van der Waals surface area contributed by atoms with E-state index in [9.17, 15) is 9.90 Å². The summed E-state index contributed by atoms with van der Waals surface area (Å²) in [6, 6.07) is 17.3. The SMILES string of the molecule is Cc1cccc(C23CCC(c4ccccc42)C2(C(=O)O)CNCC32)c1. The summed E-state index contributed by atoms with van der Waals surface area (Å²) in [7, 11) is 0. The van der Waals surface area contributed by atoms with E-state index >= 15 is 0 Å². The lowest BCUT2D eigenvalue weighted by Crippen LogP contribution is -2.60. The Hall–Kier alpha value is -2.13. The molecule has 0 aromatic heterocycles. The lowest BCUT2D eigenvalue weighted by atomic mass is 9.42. The van der Waals surface area contributed by atoms with Crippen LogP contribution in [0.5, 0.6) is 0 Å². The number of nitrogens with one attached hydrogen (secondary N) is 1. The van der Waals surface area contributed by atoms with Gasteiger partial charge in [0.2, 0.25) is 0 Å². The van der Waals surface area contributed by atoms with Gasteiger partial charge in [-0.05, 0) is 36.5 Å². The quantitative estimate of drug-likeness (QED) is 0.885. The topological polar surface area (TPSA) is 49.3 Å². The highest BCUT2D eigenvalue weighted by Gasteiger charge is 2.68. The third kappa shape index (κ3) is 1.67. The van der Waals surface area contributed by atoms with Gasteiger partial charge in [-0.15, -0.1) is 0 Å². The summed E-state index contributed by atoms with van der Waals surface area (Å²) in [5.74, 6) is -0.403. The molecule has 3 nitrogen and oxygen atoms in total. The van der Waals surface area contributed by atoms with Crippen molar-refractivity contribution in [1.29, 1.82) is 0 Å². The Morgan fingerprint density at radius 3 is 2.84 bits per heavy atom. The Labute approximate surface area is 148 Å². The van der Waals surface area contributed by atoms with Crippen molar-refractivity contribution in [3.63, 3.8) is 0 Å². The predicted octanol–water partition coefficient (Wildman–Crippen LogP) is 3.46. The van der Waals surface area contributed by atoms with Gasteiger partial charge in [-0.3, -0.25) is 4.79 Å². The van der Waals surface area contributed by atoms with Crippen LogP contribution in [0, 0.1) is 18.3 Å². The Bertz CT molecular complexity index is 876. The highest BCUT2D eigenvalue weighted by molar-refractivity contribution is 5.80. The molecule has 3 aliphatic carbocycles. The number of carboxylic acids is 1. The van der Waals surface area contributed by atoms with Crippen LogP contribution in [0.2, 0.25) is 0 Å². The second-order valence-corrected chi connectivity index (χ2v) is 8.05. The zero-order valence-corrected chi connectivity index (χ0v) is 14.5. The van der Waals surface area contributed by atoms with E-state index in [4.69, 9.17) is 0 Å². The summed E-state index contributed by atoms with van der Waals surface area (Å²) in [4.78, 5) is 12.6. The van der Waals surface area contributed by atoms with Gasteiger partial charge in [0.25, 0.3) is 0 Å². The maximum Gasteiger partial charge on any atom is 0.311 e. The maximum absolute atomic E-state index is 12.6. The molecule has 4 unspecified atom stereocenters. The molecule has 0 amide bonds. The first-order valence-corrected chi connectivity index (χ1v) is 9.21. The standard InChI is InChI=1S/C22H23NO2/c1-14-5-4-6-15(11-14)21-10-9-18(16-7-2-3-8-17(16)21)22(20(24)25)13-23-12-19(21)22/h2-8,11,18-19,23H,9-10,12-13H2,1H3,(H,24,25). The van der Waals surface area contributed by atoms with Crippen LogP contribution in [-0.2, 0) is 10.2 Å². The molecular weight excluding hydrogens is 310 g/mol. The zero-order chi connectivity index (χ0) is 17.2. The van der Waals surface area contributed by atoms with Crippen molar-refractivity contribution in [2.75, 3.05) is 13.1 Å².